The number of aliphatic hydroxyl groups is 1. The van der Waals surface area contributed by atoms with Crippen molar-refractivity contribution in [1.29, 1.82) is 0 Å². The Balaban J connectivity index is 2.13. The first-order valence-electron chi connectivity index (χ1n) is 3.73. The summed E-state index contributed by atoms with van der Waals surface area (Å²) in [6.45, 7) is 0.487. The van der Waals surface area contributed by atoms with Crippen LogP contribution in [0, 0.1) is 5.92 Å². The number of cyclic esters (lactones) is 1. The molecule has 4 heteroatoms. The Bertz CT molecular complexity index is 179. The zero-order chi connectivity index (χ0) is 7.84. The highest BCUT2D eigenvalue weighted by Gasteiger charge is 2.39. The average molecular weight is 158 g/mol. The van der Waals surface area contributed by atoms with Crippen LogP contribution in [-0.4, -0.2) is 36.5 Å². The van der Waals surface area contributed by atoms with E-state index in [1.54, 1.807) is 0 Å². The molecule has 0 aliphatic carbocycles. The third-order valence-electron chi connectivity index (χ3n) is 2.19. The predicted octanol–water partition coefficient (Wildman–Crippen LogP) is -0.691. The summed E-state index contributed by atoms with van der Waals surface area (Å²) in [7, 11) is 0. The highest BCUT2D eigenvalue weighted by atomic mass is 16.6. The van der Waals surface area contributed by atoms with Gasteiger partial charge in [0.15, 0.2) is 0 Å². The fraction of sp³-hybridized carbons (Fsp3) is 0.857. The van der Waals surface area contributed by atoms with Gasteiger partial charge < -0.3 is 14.6 Å². The molecule has 0 radical (unpaired) electrons. The quantitative estimate of drug-likeness (QED) is 0.474. The highest BCUT2D eigenvalue weighted by molar-refractivity contribution is 5.73. The van der Waals surface area contributed by atoms with Crippen molar-refractivity contribution in [1.82, 2.24) is 0 Å². The molecule has 2 aliphatic rings. The maximum absolute atomic E-state index is 11.0. The average Bonchev–Trinajstić information content (AvgIpc) is 2.42. The number of fused-ring (bicyclic) bond motifs is 2. The number of hydrogen-bond donors (Lipinski definition) is 1. The summed E-state index contributed by atoms with van der Waals surface area (Å²) >= 11 is 0. The minimum atomic E-state index is -0.633. The summed E-state index contributed by atoms with van der Waals surface area (Å²) in [5, 5.41) is 9.29. The molecule has 11 heavy (non-hydrogen) atoms. The van der Waals surface area contributed by atoms with Gasteiger partial charge in [-0.25, -0.2) is 0 Å². The van der Waals surface area contributed by atoms with E-state index in [1.807, 2.05) is 0 Å². The first-order chi connectivity index (χ1) is 5.27. The molecular weight excluding hydrogens is 148 g/mol. The second-order valence-corrected chi connectivity index (χ2v) is 3.00. The molecule has 4 nitrogen and oxygen atoms in total. The van der Waals surface area contributed by atoms with E-state index in [0.717, 1.165) is 0 Å². The molecule has 2 fully saturated rings. The highest BCUT2D eigenvalue weighted by Crippen LogP contribution is 2.26. The Morgan fingerprint density at radius 3 is 3.09 bits per heavy atom. The van der Waals surface area contributed by atoms with Crippen LogP contribution in [-0.2, 0) is 14.3 Å². The van der Waals surface area contributed by atoms with Crippen molar-refractivity contribution in [2.24, 2.45) is 5.92 Å². The van der Waals surface area contributed by atoms with Gasteiger partial charge in [-0.3, -0.25) is 4.79 Å². The second kappa shape index (κ2) is 2.46. The molecule has 2 aliphatic heterocycles. The topological polar surface area (TPSA) is 55.8 Å². The van der Waals surface area contributed by atoms with Crippen LogP contribution in [0.3, 0.4) is 0 Å². The van der Waals surface area contributed by atoms with Gasteiger partial charge in [-0.15, -0.1) is 0 Å². The fourth-order valence-corrected chi connectivity index (χ4v) is 1.48. The van der Waals surface area contributed by atoms with Gasteiger partial charge in [0.2, 0.25) is 0 Å². The van der Waals surface area contributed by atoms with Crippen molar-refractivity contribution >= 4 is 5.97 Å². The first-order valence-corrected chi connectivity index (χ1v) is 3.73. The molecule has 2 saturated heterocycles. The normalized spacial score (nSPS) is 43.4. The van der Waals surface area contributed by atoms with Crippen LogP contribution in [0.25, 0.3) is 0 Å². The van der Waals surface area contributed by atoms with E-state index in [0.29, 0.717) is 13.0 Å². The largest absolute Gasteiger partial charge is 0.463 e. The number of rotatable bonds is 0. The molecule has 0 spiro atoms. The Kier molecular flexibility index (Phi) is 1.58. The molecule has 0 amide bonds. The summed E-state index contributed by atoms with van der Waals surface area (Å²) in [6, 6.07) is 0. The van der Waals surface area contributed by atoms with Gasteiger partial charge in [0.05, 0.1) is 18.6 Å². The maximum Gasteiger partial charge on any atom is 0.311 e. The molecule has 2 rings (SSSR count). The van der Waals surface area contributed by atoms with E-state index in [4.69, 9.17) is 9.47 Å². The minimum absolute atomic E-state index is 0.0833. The molecule has 62 valence electrons. The maximum atomic E-state index is 11.0. The molecule has 0 aromatic rings. The first kappa shape index (κ1) is 7.06. The van der Waals surface area contributed by atoms with Crippen LogP contribution in [0.5, 0.6) is 0 Å². The van der Waals surface area contributed by atoms with Gasteiger partial charge in [-0.05, 0) is 6.42 Å². The van der Waals surface area contributed by atoms with Crippen molar-refractivity contribution in [3.63, 3.8) is 0 Å². The zero-order valence-corrected chi connectivity index (χ0v) is 6.03. The number of aliphatic hydroxyl groups excluding tert-OH is 1. The number of carbonyl (C=O) groups excluding carboxylic acids is 1. The monoisotopic (exact) mass is 158 g/mol. The molecule has 2 heterocycles. The van der Waals surface area contributed by atoms with E-state index >= 15 is 0 Å². The van der Waals surface area contributed by atoms with Crippen LogP contribution in [0.4, 0.5) is 0 Å². The smallest absolute Gasteiger partial charge is 0.311 e. The van der Waals surface area contributed by atoms with Gasteiger partial charge in [0.1, 0.15) is 12.7 Å². The molecule has 3 atom stereocenters. The van der Waals surface area contributed by atoms with Gasteiger partial charge >= 0.3 is 5.97 Å². The minimum Gasteiger partial charge on any atom is -0.463 e. The number of ether oxygens (including phenoxy) is 2. The number of esters is 1. The number of hydrogen-bond acceptors (Lipinski definition) is 4. The second-order valence-electron chi connectivity index (χ2n) is 3.00. The molecule has 0 unspecified atom stereocenters. The van der Waals surface area contributed by atoms with E-state index in [1.165, 1.54) is 0 Å². The van der Waals surface area contributed by atoms with Crippen molar-refractivity contribution < 1.29 is 19.4 Å². The van der Waals surface area contributed by atoms with Crippen LogP contribution < -0.4 is 0 Å². The predicted molar refractivity (Wildman–Crippen MR) is 34.8 cm³/mol. The Hall–Kier alpha value is -0.610. The SMILES string of the molecule is O=C1OC[C@@H](O)[C@H]2C[C@H]1CO2. The van der Waals surface area contributed by atoms with Crippen molar-refractivity contribution in [2.75, 3.05) is 13.2 Å². The van der Waals surface area contributed by atoms with Gasteiger partial charge in [0, 0.05) is 0 Å². The molecule has 1 N–H and O–H groups in total. The third-order valence-corrected chi connectivity index (χ3v) is 2.19. The van der Waals surface area contributed by atoms with Crippen LogP contribution in [0.15, 0.2) is 0 Å². The zero-order valence-electron chi connectivity index (χ0n) is 6.03. The lowest BCUT2D eigenvalue weighted by molar-refractivity contribution is -0.154. The van der Waals surface area contributed by atoms with Crippen molar-refractivity contribution in [3.05, 3.63) is 0 Å². The fourth-order valence-electron chi connectivity index (χ4n) is 1.48. The van der Waals surface area contributed by atoms with Crippen LogP contribution >= 0.6 is 0 Å². The van der Waals surface area contributed by atoms with Crippen molar-refractivity contribution in [2.45, 2.75) is 18.6 Å². The van der Waals surface area contributed by atoms with E-state index in [9.17, 15) is 9.90 Å². The molecule has 0 aromatic heterocycles. The Morgan fingerprint density at radius 2 is 2.27 bits per heavy atom. The van der Waals surface area contributed by atoms with Crippen molar-refractivity contribution in [3.8, 4) is 0 Å². The Morgan fingerprint density at radius 1 is 1.45 bits per heavy atom. The van der Waals surface area contributed by atoms with Gasteiger partial charge in [-0.1, -0.05) is 0 Å². The molecular formula is C7H10O4. The summed E-state index contributed by atoms with van der Waals surface area (Å²) < 4.78 is 9.97. The summed E-state index contributed by atoms with van der Waals surface area (Å²) in [6.07, 6.45) is -0.210. The lowest BCUT2D eigenvalue weighted by Crippen LogP contribution is -2.30. The van der Waals surface area contributed by atoms with E-state index in [-0.39, 0.29) is 24.6 Å². The molecule has 2 bridgehead atoms. The van der Waals surface area contributed by atoms with E-state index < -0.39 is 6.10 Å². The molecule has 0 saturated carbocycles. The van der Waals surface area contributed by atoms with Crippen LogP contribution in [0.1, 0.15) is 6.42 Å². The van der Waals surface area contributed by atoms with E-state index in [2.05, 4.69) is 0 Å². The standard InChI is InChI=1S/C7H10O4/c8-5-3-11-7(9)4-1-6(5)10-2-4/h4-6,8H,1-3H2/t4-,5+,6+/m0/s1. The summed E-state index contributed by atoms with van der Waals surface area (Å²) in [5.41, 5.74) is 0. The number of carbonyl (C=O) groups is 1. The van der Waals surface area contributed by atoms with Crippen LogP contribution in [0.2, 0.25) is 0 Å². The van der Waals surface area contributed by atoms with Gasteiger partial charge in [0.25, 0.3) is 0 Å². The lowest BCUT2D eigenvalue weighted by Gasteiger charge is -2.15. The molecule has 0 aromatic carbocycles. The summed E-state index contributed by atoms with van der Waals surface area (Å²) in [4.78, 5) is 11.0. The summed E-state index contributed by atoms with van der Waals surface area (Å²) in [5.74, 6) is -0.374. The Labute approximate surface area is 64.1 Å². The van der Waals surface area contributed by atoms with Gasteiger partial charge in [-0.2, -0.15) is 0 Å². The lowest BCUT2D eigenvalue weighted by atomic mass is 10.1. The third kappa shape index (κ3) is 1.12.